The Hall–Kier alpha value is -3.40. The van der Waals surface area contributed by atoms with Gasteiger partial charge in [-0.2, -0.15) is 0 Å². The van der Waals surface area contributed by atoms with E-state index in [0.717, 1.165) is 6.07 Å². The molecule has 0 saturated heterocycles. The van der Waals surface area contributed by atoms with E-state index < -0.39 is 28.9 Å². The number of rotatable bonds is 7. The average molecular weight is 438 g/mol. The molecule has 2 aromatic rings. The fourth-order valence-corrected chi connectivity index (χ4v) is 2.91. The molecule has 30 heavy (non-hydrogen) atoms. The maximum atomic E-state index is 12.6. The van der Waals surface area contributed by atoms with Crippen LogP contribution in [-0.2, 0) is 14.3 Å². The number of hydrogen-bond donors (Lipinski definition) is 2. The minimum absolute atomic E-state index is 0.0347. The first-order valence-electron chi connectivity index (χ1n) is 8.88. The Labute approximate surface area is 176 Å². The first-order valence-corrected chi connectivity index (χ1v) is 9.26. The number of aromatic nitrogens is 1. The van der Waals surface area contributed by atoms with Crippen LogP contribution in [0.4, 0.5) is 11.4 Å². The van der Waals surface area contributed by atoms with E-state index in [4.69, 9.17) is 21.1 Å². The summed E-state index contributed by atoms with van der Waals surface area (Å²) in [6.07, 6.45) is -1.21. The van der Waals surface area contributed by atoms with Crippen LogP contribution >= 0.6 is 11.6 Å². The third-order valence-electron chi connectivity index (χ3n) is 4.20. The molecule has 1 aromatic carbocycles. The highest BCUT2D eigenvalue weighted by atomic mass is 35.5. The zero-order valence-corrected chi connectivity index (χ0v) is 17.5. The van der Waals surface area contributed by atoms with Crippen molar-refractivity contribution in [3.05, 3.63) is 55.9 Å². The number of halogens is 1. The molecule has 2 N–H and O–H groups in total. The number of carbonyl (C=O) groups excluding carboxylic acids is 3. The van der Waals surface area contributed by atoms with Crippen molar-refractivity contribution in [3.63, 3.8) is 0 Å². The number of nitro benzene ring substituents is 1. The van der Waals surface area contributed by atoms with Gasteiger partial charge in [0.15, 0.2) is 6.10 Å². The van der Waals surface area contributed by atoms with Crippen molar-refractivity contribution in [2.24, 2.45) is 0 Å². The molecule has 10 nitrogen and oxygen atoms in total. The lowest BCUT2D eigenvalue weighted by atomic mass is 10.1. The van der Waals surface area contributed by atoms with Crippen molar-refractivity contribution in [1.29, 1.82) is 0 Å². The summed E-state index contributed by atoms with van der Waals surface area (Å²) in [4.78, 5) is 49.8. The number of carbonyl (C=O) groups is 3. The Morgan fingerprint density at radius 2 is 1.93 bits per heavy atom. The van der Waals surface area contributed by atoms with Gasteiger partial charge in [-0.3, -0.25) is 14.9 Å². The molecule has 1 heterocycles. The van der Waals surface area contributed by atoms with Gasteiger partial charge in [0.25, 0.3) is 11.6 Å². The summed E-state index contributed by atoms with van der Waals surface area (Å²) in [6, 6.07) is 3.55. The lowest BCUT2D eigenvalue weighted by Crippen LogP contribution is -2.30. The molecule has 0 radical (unpaired) electrons. The Bertz CT molecular complexity index is 1020. The second kappa shape index (κ2) is 9.40. The Balaban J connectivity index is 2.11. The first-order chi connectivity index (χ1) is 14.1. The maximum Gasteiger partial charge on any atom is 0.355 e. The number of amides is 1. The molecule has 0 saturated carbocycles. The number of nitrogens with one attached hydrogen (secondary N) is 2. The van der Waals surface area contributed by atoms with Crippen molar-refractivity contribution in [1.82, 2.24) is 4.98 Å². The van der Waals surface area contributed by atoms with Gasteiger partial charge in [0.05, 0.1) is 27.8 Å². The summed E-state index contributed by atoms with van der Waals surface area (Å²) >= 11 is 5.95. The lowest BCUT2D eigenvalue weighted by Gasteiger charge is -2.14. The van der Waals surface area contributed by atoms with Crippen LogP contribution in [0.1, 0.15) is 46.0 Å². The number of benzene rings is 1. The monoisotopic (exact) mass is 437 g/mol. The number of ether oxygens (including phenoxy) is 2. The fraction of sp³-hybridized carbons (Fsp3) is 0.316. The zero-order chi connectivity index (χ0) is 22.6. The smallest absolute Gasteiger partial charge is 0.355 e. The number of aromatic amines is 1. The predicted octanol–water partition coefficient (Wildman–Crippen LogP) is 3.55. The van der Waals surface area contributed by atoms with Gasteiger partial charge in [-0.15, -0.1) is 0 Å². The zero-order valence-electron chi connectivity index (χ0n) is 16.7. The first kappa shape index (κ1) is 22.9. The highest BCUT2D eigenvalue weighted by Crippen LogP contribution is 2.27. The third kappa shape index (κ3) is 4.95. The number of anilines is 1. The van der Waals surface area contributed by atoms with E-state index in [-0.39, 0.29) is 34.3 Å². The van der Waals surface area contributed by atoms with E-state index in [1.54, 1.807) is 20.8 Å². The van der Waals surface area contributed by atoms with Gasteiger partial charge in [0.1, 0.15) is 5.69 Å². The van der Waals surface area contributed by atoms with Crippen LogP contribution in [-0.4, -0.2) is 40.5 Å². The van der Waals surface area contributed by atoms with Crippen molar-refractivity contribution < 1.29 is 28.8 Å². The van der Waals surface area contributed by atoms with Gasteiger partial charge in [-0.1, -0.05) is 11.6 Å². The van der Waals surface area contributed by atoms with Gasteiger partial charge in [-0.05, 0) is 39.3 Å². The predicted molar refractivity (Wildman–Crippen MR) is 108 cm³/mol. The molecule has 160 valence electrons. The number of H-pyrrole nitrogens is 1. The number of nitro groups is 1. The Morgan fingerprint density at radius 1 is 1.27 bits per heavy atom. The van der Waals surface area contributed by atoms with Crippen LogP contribution in [0.3, 0.4) is 0 Å². The van der Waals surface area contributed by atoms with Gasteiger partial charge in [0.2, 0.25) is 0 Å². The fourth-order valence-electron chi connectivity index (χ4n) is 2.69. The summed E-state index contributed by atoms with van der Waals surface area (Å²) in [5.74, 6) is -2.08. The number of nitrogens with zero attached hydrogens (tertiary/aromatic N) is 1. The lowest BCUT2D eigenvalue weighted by molar-refractivity contribution is -0.384. The molecule has 1 atom stereocenters. The van der Waals surface area contributed by atoms with Crippen LogP contribution in [0.5, 0.6) is 0 Å². The van der Waals surface area contributed by atoms with E-state index in [0.29, 0.717) is 11.3 Å². The molecule has 0 aliphatic heterocycles. The molecule has 0 fully saturated rings. The molecule has 0 spiro atoms. The normalized spacial score (nSPS) is 11.5. The summed E-state index contributed by atoms with van der Waals surface area (Å²) in [5.41, 5.74) is 0.915. The average Bonchev–Trinajstić information content (AvgIpc) is 2.97. The summed E-state index contributed by atoms with van der Waals surface area (Å²) in [5, 5.41) is 13.2. The molecule has 0 aliphatic rings. The number of aryl methyl sites for hydroxylation is 1. The van der Waals surface area contributed by atoms with E-state index in [9.17, 15) is 24.5 Å². The molecule has 1 amide bonds. The van der Waals surface area contributed by atoms with E-state index >= 15 is 0 Å². The molecule has 2 rings (SSSR count). The van der Waals surface area contributed by atoms with E-state index in [1.165, 1.54) is 19.1 Å². The summed E-state index contributed by atoms with van der Waals surface area (Å²) < 4.78 is 10.1. The molecule has 0 aliphatic carbocycles. The minimum Gasteiger partial charge on any atom is -0.461 e. The van der Waals surface area contributed by atoms with Gasteiger partial charge in [-0.25, -0.2) is 9.59 Å². The minimum atomic E-state index is -1.21. The van der Waals surface area contributed by atoms with Crippen LogP contribution in [0.15, 0.2) is 18.2 Å². The Morgan fingerprint density at radius 3 is 2.50 bits per heavy atom. The van der Waals surface area contributed by atoms with Crippen LogP contribution in [0, 0.1) is 24.0 Å². The van der Waals surface area contributed by atoms with Crippen molar-refractivity contribution >= 4 is 40.8 Å². The second-order valence-electron chi connectivity index (χ2n) is 6.30. The maximum absolute atomic E-state index is 12.6. The molecular weight excluding hydrogens is 418 g/mol. The summed E-state index contributed by atoms with van der Waals surface area (Å²) in [6.45, 7) is 6.35. The Kier molecular flexibility index (Phi) is 7.17. The number of esters is 2. The second-order valence-corrected chi connectivity index (χ2v) is 6.71. The molecule has 1 aromatic heterocycles. The number of hydrogen-bond acceptors (Lipinski definition) is 7. The van der Waals surface area contributed by atoms with Crippen molar-refractivity contribution in [2.75, 3.05) is 11.9 Å². The molecule has 11 heteroatoms. The van der Waals surface area contributed by atoms with Gasteiger partial charge >= 0.3 is 11.9 Å². The number of non-ortho nitro benzene ring substituents is 1. The largest absolute Gasteiger partial charge is 0.461 e. The molecule has 1 unspecified atom stereocenters. The highest BCUT2D eigenvalue weighted by Gasteiger charge is 2.27. The molecular formula is C19H20ClN3O7. The topological polar surface area (TPSA) is 141 Å². The van der Waals surface area contributed by atoms with Crippen molar-refractivity contribution in [3.8, 4) is 0 Å². The van der Waals surface area contributed by atoms with E-state index in [2.05, 4.69) is 10.3 Å². The third-order valence-corrected chi connectivity index (χ3v) is 4.51. The summed E-state index contributed by atoms with van der Waals surface area (Å²) in [7, 11) is 0. The highest BCUT2D eigenvalue weighted by molar-refractivity contribution is 6.34. The standard InChI is InChI=1S/C19H20ClN3O7/c1-5-29-19(26)16-9(2)15(10(3)21-16)18(25)30-11(4)17(24)22-14-7-6-12(23(27)28)8-13(14)20/h6-8,11,21H,5H2,1-4H3,(H,22,24). The van der Waals surface area contributed by atoms with Crippen LogP contribution in [0.2, 0.25) is 5.02 Å². The van der Waals surface area contributed by atoms with Gasteiger partial charge < -0.3 is 19.8 Å². The molecule has 0 bridgehead atoms. The van der Waals surface area contributed by atoms with Gasteiger partial charge in [0, 0.05) is 17.8 Å². The quantitative estimate of drug-likeness (QED) is 0.383. The van der Waals surface area contributed by atoms with Crippen LogP contribution < -0.4 is 5.32 Å². The van der Waals surface area contributed by atoms with Crippen LogP contribution in [0.25, 0.3) is 0 Å². The van der Waals surface area contributed by atoms with E-state index in [1.807, 2.05) is 0 Å². The SMILES string of the molecule is CCOC(=O)c1[nH]c(C)c(C(=O)OC(C)C(=O)Nc2ccc([N+](=O)[O-])cc2Cl)c1C. The van der Waals surface area contributed by atoms with Crippen molar-refractivity contribution in [2.45, 2.75) is 33.8 Å².